The summed E-state index contributed by atoms with van der Waals surface area (Å²) in [5.41, 5.74) is 6.87. The largest absolute Gasteiger partial charge is 0.481 e. The monoisotopic (exact) mass is 566 g/mol. The van der Waals surface area contributed by atoms with Crippen LogP contribution in [0.15, 0.2) is 52.9 Å². The summed E-state index contributed by atoms with van der Waals surface area (Å²) in [6.45, 7) is 6.42. The van der Waals surface area contributed by atoms with Crippen molar-refractivity contribution in [2.24, 2.45) is 0 Å². The van der Waals surface area contributed by atoms with Gasteiger partial charge in [-0.1, -0.05) is 35.3 Å². The lowest BCUT2D eigenvalue weighted by molar-refractivity contribution is -0.118. The number of anilines is 1. The van der Waals surface area contributed by atoms with E-state index in [1.54, 1.807) is 12.1 Å². The van der Waals surface area contributed by atoms with Crippen LogP contribution in [0.1, 0.15) is 68.1 Å². The molecule has 1 heterocycles. The molecule has 0 saturated heterocycles. The van der Waals surface area contributed by atoms with E-state index in [9.17, 15) is 14.4 Å². The number of carbonyl (C=O) groups excluding carboxylic acids is 3. The quantitative estimate of drug-likeness (QED) is 0.405. The number of halogens is 2. The first-order valence-electron chi connectivity index (χ1n) is 13.5. The Bertz CT molecular complexity index is 1380. The number of nitrogens with one attached hydrogen (secondary N) is 1. The van der Waals surface area contributed by atoms with Gasteiger partial charge in [-0.25, -0.2) is 0 Å². The van der Waals surface area contributed by atoms with Gasteiger partial charge >= 0.3 is 0 Å². The molecule has 2 aromatic carbocycles. The van der Waals surface area contributed by atoms with Gasteiger partial charge in [-0.05, 0) is 81.3 Å². The number of carbonyl (C=O) groups is 3. The van der Waals surface area contributed by atoms with Crippen LogP contribution in [0.3, 0.4) is 0 Å². The SMILES string of the molecule is CCN1C2=C(C(=O)CCC2)C(c2cc(Cl)c(OCC(=O)Nc3cccc(C)c3C)c(Cl)c2)C2=C1CCCC2=O. The summed E-state index contributed by atoms with van der Waals surface area (Å²) in [6.07, 6.45) is 4.12. The molecule has 39 heavy (non-hydrogen) atoms. The van der Waals surface area contributed by atoms with Gasteiger partial charge in [0.25, 0.3) is 5.91 Å². The number of ketones is 2. The molecule has 0 fully saturated rings. The first-order valence-corrected chi connectivity index (χ1v) is 14.2. The highest BCUT2D eigenvalue weighted by Crippen LogP contribution is 2.50. The second kappa shape index (κ2) is 11.2. The Morgan fingerprint density at radius 3 is 2.13 bits per heavy atom. The second-order valence-corrected chi connectivity index (χ2v) is 11.2. The van der Waals surface area contributed by atoms with E-state index in [2.05, 4.69) is 17.1 Å². The van der Waals surface area contributed by atoms with Crippen molar-refractivity contribution in [3.8, 4) is 5.75 Å². The van der Waals surface area contributed by atoms with Crippen molar-refractivity contribution in [2.45, 2.75) is 65.2 Å². The van der Waals surface area contributed by atoms with Crippen LogP contribution in [0.5, 0.6) is 5.75 Å². The van der Waals surface area contributed by atoms with Gasteiger partial charge in [-0.2, -0.15) is 0 Å². The predicted molar refractivity (Wildman–Crippen MR) is 153 cm³/mol. The van der Waals surface area contributed by atoms with E-state index in [1.807, 2.05) is 32.0 Å². The lowest BCUT2D eigenvalue weighted by Gasteiger charge is -2.43. The van der Waals surface area contributed by atoms with Crippen molar-refractivity contribution in [1.82, 2.24) is 4.90 Å². The second-order valence-electron chi connectivity index (χ2n) is 10.3. The van der Waals surface area contributed by atoms with E-state index in [1.165, 1.54) is 0 Å². The number of hydrogen-bond donors (Lipinski definition) is 1. The van der Waals surface area contributed by atoms with E-state index in [0.29, 0.717) is 36.1 Å². The van der Waals surface area contributed by atoms with Gasteiger partial charge < -0.3 is 15.0 Å². The van der Waals surface area contributed by atoms with Crippen molar-refractivity contribution in [3.63, 3.8) is 0 Å². The lowest BCUT2D eigenvalue weighted by Crippen LogP contribution is -2.39. The van der Waals surface area contributed by atoms with Crippen LogP contribution >= 0.6 is 23.2 Å². The minimum Gasteiger partial charge on any atom is -0.481 e. The summed E-state index contributed by atoms with van der Waals surface area (Å²) in [5.74, 6) is -0.509. The predicted octanol–water partition coefficient (Wildman–Crippen LogP) is 7.06. The number of aryl methyl sites for hydroxylation is 1. The smallest absolute Gasteiger partial charge is 0.262 e. The molecule has 0 spiro atoms. The third kappa shape index (κ3) is 5.12. The van der Waals surface area contributed by atoms with E-state index in [4.69, 9.17) is 27.9 Å². The third-order valence-electron chi connectivity index (χ3n) is 7.98. The van der Waals surface area contributed by atoms with Crippen molar-refractivity contribution in [2.75, 3.05) is 18.5 Å². The number of ether oxygens (including phenoxy) is 1. The van der Waals surface area contributed by atoms with Crippen LogP contribution < -0.4 is 10.1 Å². The van der Waals surface area contributed by atoms with Gasteiger partial charge in [0.1, 0.15) is 0 Å². The first kappa shape index (κ1) is 27.5. The zero-order valence-electron chi connectivity index (χ0n) is 22.5. The molecule has 1 aliphatic heterocycles. The molecule has 204 valence electrons. The number of hydrogen-bond acceptors (Lipinski definition) is 5. The molecule has 0 bridgehead atoms. The maximum absolute atomic E-state index is 13.3. The van der Waals surface area contributed by atoms with Crippen LogP contribution in [-0.2, 0) is 14.4 Å². The number of nitrogens with zero attached hydrogens (tertiary/aromatic N) is 1. The summed E-state index contributed by atoms with van der Waals surface area (Å²) >= 11 is 13.3. The van der Waals surface area contributed by atoms with Gasteiger partial charge in [-0.15, -0.1) is 0 Å². The molecule has 2 aliphatic carbocycles. The minimum absolute atomic E-state index is 0.0697. The Kier molecular flexibility index (Phi) is 7.88. The molecule has 5 rings (SSSR count). The summed E-state index contributed by atoms with van der Waals surface area (Å²) in [5, 5.41) is 3.32. The Hall–Kier alpha value is -3.09. The number of benzene rings is 2. The molecule has 1 amide bonds. The molecule has 0 unspecified atom stereocenters. The molecule has 0 radical (unpaired) electrons. The van der Waals surface area contributed by atoms with Gasteiger partial charge in [0.15, 0.2) is 23.9 Å². The van der Waals surface area contributed by atoms with E-state index < -0.39 is 5.92 Å². The van der Waals surface area contributed by atoms with Crippen LogP contribution in [0, 0.1) is 13.8 Å². The fourth-order valence-electron chi connectivity index (χ4n) is 6.03. The normalized spacial score (nSPS) is 17.8. The highest BCUT2D eigenvalue weighted by atomic mass is 35.5. The maximum atomic E-state index is 13.3. The Balaban J connectivity index is 1.46. The van der Waals surface area contributed by atoms with Gasteiger partial charge in [-0.3, -0.25) is 14.4 Å². The van der Waals surface area contributed by atoms with Gasteiger partial charge in [0.05, 0.1) is 10.0 Å². The van der Waals surface area contributed by atoms with Crippen molar-refractivity contribution >= 4 is 46.4 Å². The molecule has 0 aromatic heterocycles. The maximum Gasteiger partial charge on any atom is 0.262 e. The van der Waals surface area contributed by atoms with Crippen molar-refractivity contribution in [3.05, 3.63) is 79.6 Å². The first-order chi connectivity index (χ1) is 18.7. The standard InChI is InChI=1S/C31H32Cl2N2O4/c1-4-35-23-10-6-12-25(36)29(23)28(30-24(35)11-7-13-26(30)37)19-14-20(32)31(21(33)15-19)39-16-27(38)34-22-9-5-8-17(2)18(22)3/h5,8-9,14-15,28H,4,6-7,10-13,16H2,1-3H3,(H,34,38). The summed E-state index contributed by atoms with van der Waals surface area (Å²) in [6, 6.07) is 9.14. The average molecular weight is 568 g/mol. The number of allylic oxidation sites excluding steroid dienone is 4. The average Bonchev–Trinajstić information content (AvgIpc) is 2.90. The fraction of sp³-hybridized carbons (Fsp3) is 0.387. The topological polar surface area (TPSA) is 75.7 Å². The highest BCUT2D eigenvalue weighted by Gasteiger charge is 2.43. The molecule has 0 saturated carbocycles. The lowest BCUT2D eigenvalue weighted by atomic mass is 9.71. The van der Waals surface area contributed by atoms with Crippen LogP contribution in [0.2, 0.25) is 10.0 Å². The minimum atomic E-state index is -0.505. The van der Waals surface area contributed by atoms with Crippen molar-refractivity contribution in [1.29, 1.82) is 0 Å². The van der Waals surface area contributed by atoms with Crippen molar-refractivity contribution < 1.29 is 19.1 Å². The van der Waals surface area contributed by atoms with Crippen LogP contribution in [-0.4, -0.2) is 35.5 Å². The van der Waals surface area contributed by atoms with E-state index in [-0.39, 0.29) is 39.9 Å². The molecule has 8 heteroatoms. The number of amides is 1. The number of Topliss-reactive ketones (excluding diaryl/α,β-unsaturated/α-hetero) is 2. The molecule has 0 atom stereocenters. The zero-order chi connectivity index (χ0) is 27.8. The summed E-state index contributed by atoms with van der Waals surface area (Å²) in [4.78, 5) is 41.4. The Morgan fingerprint density at radius 2 is 1.56 bits per heavy atom. The van der Waals surface area contributed by atoms with Gasteiger partial charge in [0.2, 0.25) is 0 Å². The van der Waals surface area contributed by atoms with E-state index in [0.717, 1.165) is 53.9 Å². The Labute approximate surface area is 239 Å². The third-order valence-corrected chi connectivity index (χ3v) is 8.54. The molecular formula is C31H32Cl2N2O4. The molecular weight excluding hydrogens is 535 g/mol. The molecule has 1 N–H and O–H groups in total. The van der Waals surface area contributed by atoms with Crippen LogP contribution in [0.4, 0.5) is 5.69 Å². The highest BCUT2D eigenvalue weighted by molar-refractivity contribution is 6.37. The van der Waals surface area contributed by atoms with E-state index >= 15 is 0 Å². The van der Waals surface area contributed by atoms with Gasteiger partial charge in [0, 0.05) is 53.5 Å². The molecule has 6 nitrogen and oxygen atoms in total. The summed E-state index contributed by atoms with van der Waals surface area (Å²) < 4.78 is 5.76. The zero-order valence-corrected chi connectivity index (χ0v) is 24.0. The van der Waals surface area contributed by atoms with Crippen LogP contribution in [0.25, 0.3) is 0 Å². The Morgan fingerprint density at radius 1 is 0.974 bits per heavy atom. The molecule has 2 aromatic rings. The molecule has 3 aliphatic rings. The fourth-order valence-corrected chi connectivity index (χ4v) is 6.64. The summed E-state index contributed by atoms with van der Waals surface area (Å²) in [7, 11) is 0. The number of rotatable bonds is 6.